The van der Waals surface area contributed by atoms with E-state index < -0.39 is 6.43 Å². The van der Waals surface area contributed by atoms with E-state index in [1.165, 1.54) is 12.3 Å². The summed E-state index contributed by atoms with van der Waals surface area (Å²) in [5, 5.41) is 0. The maximum Gasteiger partial charge on any atom is 0.264 e. The summed E-state index contributed by atoms with van der Waals surface area (Å²) in [6, 6.07) is 1.22. The van der Waals surface area contributed by atoms with Crippen LogP contribution in [0.15, 0.2) is 12.3 Å². The molecule has 0 saturated heterocycles. The van der Waals surface area contributed by atoms with Gasteiger partial charge in [-0.25, -0.2) is 13.8 Å². The van der Waals surface area contributed by atoms with E-state index in [4.69, 9.17) is 17.3 Å². The average molecular weight is 193 g/mol. The van der Waals surface area contributed by atoms with Crippen LogP contribution in [0.25, 0.3) is 0 Å². The van der Waals surface area contributed by atoms with Crippen molar-refractivity contribution in [2.24, 2.45) is 0 Å². The Bertz CT molecular complexity index is 278. The number of nitrogen functional groups attached to an aromatic ring is 1. The number of halogens is 3. The van der Waals surface area contributed by atoms with Crippen LogP contribution in [0.5, 0.6) is 0 Å². The summed E-state index contributed by atoms with van der Waals surface area (Å²) in [5.41, 5.74) is 5.42. The zero-order valence-corrected chi connectivity index (χ0v) is 6.85. The van der Waals surface area contributed by atoms with Gasteiger partial charge < -0.3 is 5.73 Å². The highest BCUT2D eigenvalue weighted by molar-refractivity contribution is 6.17. The van der Waals surface area contributed by atoms with Gasteiger partial charge in [0, 0.05) is 17.3 Å². The summed E-state index contributed by atoms with van der Waals surface area (Å²) in [6.07, 6.45) is -1.31. The molecular weight excluding hydrogens is 186 g/mol. The molecule has 1 heterocycles. The van der Waals surface area contributed by atoms with Crippen LogP contribution in [0.4, 0.5) is 14.6 Å². The summed E-state index contributed by atoms with van der Waals surface area (Å²) in [4.78, 5) is 3.65. The normalized spacial score (nSPS) is 10.7. The molecule has 0 saturated carbocycles. The molecule has 0 fully saturated rings. The van der Waals surface area contributed by atoms with Crippen LogP contribution in [-0.4, -0.2) is 4.98 Å². The SMILES string of the molecule is Nc1nccc(C(F)F)c1CCl. The molecule has 1 aromatic heterocycles. The lowest BCUT2D eigenvalue weighted by Crippen LogP contribution is -2.00. The van der Waals surface area contributed by atoms with Crippen molar-refractivity contribution in [3.8, 4) is 0 Å². The summed E-state index contributed by atoms with van der Waals surface area (Å²) < 4.78 is 24.5. The number of aromatic nitrogens is 1. The number of nitrogens with zero attached hydrogens (tertiary/aromatic N) is 1. The quantitative estimate of drug-likeness (QED) is 0.731. The van der Waals surface area contributed by atoms with E-state index in [1.807, 2.05) is 0 Å². The van der Waals surface area contributed by atoms with Crippen molar-refractivity contribution in [2.75, 3.05) is 5.73 Å². The molecule has 12 heavy (non-hydrogen) atoms. The largest absolute Gasteiger partial charge is 0.383 e. The van der Waals surface area contributed by atoms with Gasteiger partial charge >= 0.3 is 0 Å². The number of alkyl halides is 3. The van der Waals surface area contributed by atoms with Gasteiger partial charge in [-0.05, 0) is 6.07 Å². The van der Waals surface area contributed by atoms with E-state index in [0.717, 1.165) is 0 Å². The van der Waals surface area contributed by atoms with Gasteiger partial charge in [0.05, 0.1) is 5.88 Å². The second kappa shape index (κ2) is 3.67. The third-order valence-electron chi connectivity index (χ3n) is 1.49. The van der Waals surface area contributed by atoms with Gasteiger partial charge in [0.15, 0.2) is 0 Å². The highest BCUT2D eigenvalue weighted by Gasteiger charge is 2.14. The first-order valence-corrected chi connectivity index (χ1v) is 3.77. The Morgan fingerprint density at radius 1 is 1.58 bits per heavy atom. The Balaban J connectivity index is 3.18. The van der Waals surface area contributed by atoms with Crippen LogP contribution in [0.1, 0.15) is 17.6 Å². The van der Waals surface area contributed by atoms with Crippen LogP contribution in [0.3, 0.4) is 0 Å². The Labute approximate surface area is 73.4 Å². The lowest BCUT2D eigenvalue weighted by atomic mass is 10.1. The smallest absolute Gasteiger partial charge is 0.264 e. The average Bonchev–Trinajstić information content (AvgIpc) is 2.03. The van der Waals surface area contributed by atoms with Crippen LogP contribution in [0.2, 0.25) is 0 Å². The second-order valence-corrected chi connectivity index (χ2v) is 2.47. The van der Waals surface area contributed by atoms with Crippen molar-refractivity contribution in [1.82, 2.24) is 4.98 Å². The predicted molar refractivity (Wildman–Crippen MR) is 43.2 cm³/mol. The number of nitrogens with two attached hydrogens (primary N) is 1. The molecule has 0 amide bonds. The van der Waals surface area contributed by atoms with Gasteiger partial charge in [0.2, 0.25) is 0 Å². The fraction of sp³-hybridized carbons (Fsp3) is 0.286. The monoisotopic (exact) mass is 192 g/mol. The molecule has 0 unspecified atom stereocenters. The highest BCUT2D eigenvalue weighted by atomic mass is 35.5. The first kappa shape index (κ1) is 9.19. The van der Waals surface area contributed by atoms with E-state index in [0.29, 0.717) is 0 Å². The van der Waals surface area contributed by atoms with Crippen LogP contribution >= 0.6 is 11.6 Å². The third-order valence-corrected chi connectivity index (χ3v) is 1.76. The Morgan fingerprint density at radius 3 is 2.67 bits per heavy atom. The first-order chi connectivity index (χ1) is 5.66. The summed E-state index contributed by atoms with van der Waals surface area (Å²) >= 11 is 5.43. The molecule has 2 nitrogen and oxygen atoms in total. The number of pyridine rings is 1. The molecule has 0 aromatic carbocycles. The third kappa shape index (κ3) is 1.64. The van der Waals surface area contributed by atoms with Gasteiger partial charge in [-0.1, -0.05) is 0 Å². The fourth-order valence-electron chi connectivity index (χ4n) is 0.874. The Morgan fingerprint density at radius 2 is 2.25 bits per heavy atom. The molecule has 0 radical (unpaired) electrons. The van der Waals surface area contributed by atoms with Gasteiger partial charge in [-0.2, -0.15) is 0 Å². The minimum absolute atomic E-state index is 0.0423. The Kier molecular flexibility index (Phi) is 2.81. The molecule has 5 heteroatoms. The van der Waals surface area contributed by atoms with E-state index >= 15 is 0 Å². The van der Waals surface area contributed by atoms with Crippen molar-refractivity contribution in [1.29, 1.82) is 0 Å². The van der Waals surface area contributed by atoms with Crippen LogP contribution in [-0.2, 0) is 5.88 Å². The zero-order chi connectivity index (χ0) is 9.14. The number of anilines is 1. The lowest BCUT2D eigenvalue weighted by Gasteiger charge is -2.06. The standard InChI is InChI=1S/C7H7ClF2N2/c8-3-5-4(6(9)10)1-2-12-7(5)11/h1-2,6H,3H2,(H2,11,12). The van der Waals surface area contributed by atoms with Crippen molar-refractivity contribution >= 4 is 17.4 Å². The molecule has 0 atom stereocenters. The summed E-state index contributed by atoms with van der Waals surface area (Å²) in [7, 11) is 0. The van der Waals surface area contributed by atoms with E-state index in [1.54, 1.807) is 0 Å². The Hall–Kier alpha value is -0.900. The topological polar surface area (TPSA) is 38.9 Å². The molecule has 0 aliphatic carbocycles. The number of rotatable bonds is 2. The van der Waals surface area contributed by atoms with Gasteiger partial charge in [0.1, 0.15) is 5.82 Å². The van der Waals surface area contributed by atoms with Gasteiger partial charge in [-0.15, -0.1) is 11.6 Å². The van der Waals surface area contributed by atoms with Crippen molar-refractivity contribution < 1.29 is 8.78 Å². The van der Waals surface area contributed by atoms with Crippen LogP contribution in [0, 0.1) is 0 Å². The minimum Gasteiger partial charge on any atom is -0.383 e. The second-order valence-electron chi connectivity index (χ2n) is 2.20. The molecule has 1 rings (SSSR count). The number of hydrogen-bond donors (Lipinski definition) is 1. The predicted octanol–water partition coefficient (Wildman–Crippen LogP) is 2.34. The maximum atomic E-state index is 12.3. The van der Waals surface area contributed by atoms with E-state index in [2.05, 4.69) is 4.98 Å². The van der Waals surface area contributed by atoms with Gasteiger partial charge in [0.25, 0.3) is 6.43 Å². The molecule has 0 aliphatic rings. The molecule has 2 N–H and O–H groups in total. The zero-order valence-electron chi connectivity index (χ0n) is 6.10. The van der Waals surface area contributed by atoms with E-state index in [-0.39, 0.29) is 22.8 Å². The molecule has 0 aliphatic heterocycles. The summed E-state index contributed by atoms with van der Waals surface area (Å²) in [5.74, 6) is 0.0297. The molecule has 0 spiro atoms. The van der Waals surface area contributed by atoms with E-state index in [9.17, 15) is 8.78 Å². The minimum atomic E-state index is -2.55. The first-order valence-electron chi connectivity index (χ1n) is 3.24. The fourth-order valence-corrected chi connectivity index (χ4v) is 1.17. The molecule has 66 valence electrons. The summed E-state index contributed by atoms with van der Waals surface area (Å²) in [6.45, 7) is 0. The van der Waals surface area contributed by atoms with Crippen LogP contribution < -0.4 is 5.73 Å². The van der Waals surface area contributed by atoms with Crippen molar-refractivity contribution in [3.05, 3.63) is 23.4 Å². The van der Waals surface area contributed by atoms with Gasteiger partial charge in [-0.3, -0.25) is 0 Å². The lowest BCUT2D eigenvalue weighted by molar-refractivity contribution is 0.150. The molecule has 1 aromatic rings. The molecule has 0 bridgehead atoms. The highest BCUT2D eigenvalue weighted by Crippen LogP contribution is 2.26. The van der Waals surface area contributed by atoms with Crippen molar-refractivity contribution in [2.45, 2.75) is 12.3 Å². The maximum absolute atomic E-state index is 12.3. The number of hydrogen-bond acceptors (Lipinski definition) is 2. The molecular formula is C7H7ClF2N2. The van der Waals surface area contributed by atoms with Crippen molar-refractivity contribution in [3.63, 3.8) is 0 Å².